The lowest BCUT2D eigenvalue weighted by Gasteiger charge is -2.11. The maximum atomic E-state index is 13.6. The van der Waals surface area contributed by atoms with Crippen molar-refractivity contribution < 1.29 is 4.39 Å². The van der Waals surface area contributed by atoms with E-state index in [0.29, 0.717) is 22.3 Å². The third kappa shape index (κ3) is 3.26. The van der Waals surface area contributed by atoms with Crippen LogP contribution in [0, 0.1) is 12.7 Å². The van der Waals surface area contributed by atoms with Crippen molar-refractivity contribution in [2.45, 2.75) is 30.9 Å². The number of benzene rings is 1. The average Bonchev–Trinajstić information content (AvgIpc) is 2.47. The SMILES string of the molecule is CCc1nc(CSc2ccccc2F)nc(NN)c1C. The summed E-state index contributed by atoms with van der Waals surface area (Å²) in [6.07, 6.45) is 0.806. The summed E-state index contributed by atoms with van der Waals surface area (Å²) >= 11 is 1.38. The monoisotopic (exact) mass is 292 g/mol. The Morgan fingerprint density at radius 1 is 1.30 bits per heavy atom. The van der Waals surface area contributed by atoms with Crippen LogP contribution in [0.4, 0.5) is 10.2 Å². The molecule has 1 heterocycles. The van der Waals surface area contributed by atoms with Gasteiger partial charge in [-0.25, -0.2) is 20.2 Å². The summed E-state index contributed by atoms with van der Waals surface area (Å²) in [6.45, 7) is 3.96. The van der Waals surface area contributed by atoms with Gasteiger partial charge in [-0.15, -0.1) is 11.8 Å². The zero-order chi connectivity index (χ0) is 14.5. The summed E-state index contributed by atoms with van der Waals surface area (Å²) in [6, 6.07) is 6.68. The van der Waals surface area contributed by atoms with E-state index >= 15 is 0 Å². The summed E-state index contributed by atoms with van der Waals surface area (Å²) in [4.78, 5) is 9.44. The van der Waals surface area contributed by atoms with E-state index in [9.17, 15) is 4.39 Å². The minimum atomic E-state index is -0.225. The lowest BCUT2D eigenvalue weighted by molar-refractivity contribution is 0.602. The highest BCUT2D eigenvalue weighted by Crippen LogP contribution is 2.25. The first-order valence-corrected chi connectivity index (χ1v) is 7.34. The topological polar surface area (TPSA) is 63.8 Å². The van der Waals surface area contributed by atoms with Crippen LogP contribution < -0.4 is 11.3 Å². The lowest BCUT2D eigenvalue weighted by atomic mass is 10.2. The Morgan fingerprint density at radius 3 is 2.70 bits per heavy atom. The van der Waals surface area contributed by atoms with Crippen molar-refractivity contribution in [3.05, 3.63) is 47.2 Å². The second-order valence-electron chi connectivity index (χ2n) is 4.28. The standard InChI is InChI=1S/C14H17FN4S/c1-3-11-9(2)14(19-16)18-13(17-11)8-20-12-7-5-4-6-10(12)15/h4-7H,3,8,16H2,1-2H3,(H,17,18,19). The Balaban J connectivity index is 2.19. The molecule has 0 atom stereocenters. The van der Waals surface area contributed by atoms with Crippen molar-refractivity contribution in [2.24, 2.45) is 5.84 Å². The van der Waals surface area contributed by atoms with Gasteiger partial charge in [-0.2, -0.15) is 0 Å². The first-order chi connectivity index (χ1) is 9.65. The van der Waals surface area contributed by atoms with Crippen LogP contribution in [0.2, 0.25) is 0 Å². The molecule has 0 aliphatic rings. The molecule has 1 aromatic heterocycles. The molecule has 0 saturated carbocycles. The van der Waals surface area contributed by atoms with Crippen molar-refractivity contribution in [1.82, 2.24) is 9.97 Å². The number of halogens is 1. The summed E-state index contributed by atoms with van der Waals surface area (Å²) in [7, 11) is 0. The Hall–Kier alpha value is -1.66. The molecule has 0 unspecified atom stereocenters. The van der Waals surface area contributed by atoms with E-state index in [1.807, 2.05) is 19.9 Å². The van der Waals surface area contributed by atoms with E-state index in [-0.39, 0.29) is 5.82 Å². The quantitative estimate of drug-likeness (QED) is 0.504. The number of hydrogen-bond donors (Lipinski definition) is 2. The highest BCUT2D eigenvalue weighted by molar-refractivity contribution is 7.98. The molecule has 0 aliphatic carbocycles. The number of nitrogens with one attached hydrogen (secondary N) is 1. The van der Waals surface area contributed by atoms with Gasteiger partial charge in [0.2, 0.25) is 0 Å². The minimum absolute atomic E-state index is 0.225. The van der Waals surface area contributed by atoms with E-state index in [2.05, 4.69) is 15.4 Å². The summed E-state index contributed by atoms with van der Waals surface area (Å²) in [5.41, 5.74) is 4.49. The van der Waals surface area contributed by atoms with Crippen LogP contribution in [-0.2, 0) is 12.2 Å². The third-order valence-electron chi connectivity index (χ3n) is 2.96. The van der Waals surface area contributed by atoms with Gasteiger partial charge in [0.1, 0.15) is 17.5 Å². The van der Waals surface area contributed by atoms with Gasteiger partial charge < -0.3 is 5.43 Å². The zero-order valence-corrected chi connectivity index (χ0v) is 12.3. The molecule has 1 aromatic carbocycles. The molecular formula is C14H17FN4S. The number of nitrogens with two attached hydrogens (primary N) is 1. The van der Waals surface area contributed by atoms with Gasteiger partial charge >= 0.3 is 0 Å². The van der Waals surface area contributed by atoms with Crippen LogP contribution in [0.25, 0.3) is 0 Å². The molecule has 3 N–H and O–H groups in total. The molecule has 0 fully saturated rings. The molecule has 2 rings (SSSR count). The molecule has 0 aliphatic heterocycles. The third-order valence-corrected chi connectivity index (χ3v) is 4.00. The Kier molecular flexibility index (Phi) is 4.92. The smallest absolute Gasteiger partial charge is 0.146 e. The Labute approximate surface area is 122 Å². The molecular weight excluding hydrogens is 275 g/mol. The fourth-order valence-corrected chi connectivity index (χ4v) is 2.66. The van der Waals surface area contributed by atoms with Crippen molar-refractivity contribution in [3.8, 4) is 0 Å². The predicted molar refractivity (Wildman–Crippen MR) is 79.9 cm³/mol. The predicted octanol–water partition coefficient (Wildman–Crippen LogP) is 3.06. The van der Waals surface area contributed by atoms with Gasteiger partial charge in [0, 0.05) is 16.2 Å². The maximum Gasteiger partial charge on any atom is 0.146 e. The van der Waals surface area contributed by atoms with Crippen molar-refractivity contribution in [2.75, 3.05) is 5.43 Å². The molecule has 20 heavy (non-hydrogen) atoms. The van der Waals surface area contributed by atoms with Crippen molar-refractivity contribution in [1.29, 1.82) is 0 Å². The molecule has 2 aromatic rings. The van der Waals surface area contributed by atoms with E-state index in [1.165, 1.54) is 17.8 Å². The highest BCUT2D eigenvalue weighted by Gasteiger charge is 2.10. The van der Waals surface area contributed by atoms with E-state index in [1.54, 1.807) is 12.1 Å². The average molecular weight is 292 g/mol. The number of rotatable bonds is 5. The van der Waals surface area contributed by atoms with Gasteiger partial charge in [-0.3, -0.25) is 0 Å². The van der Waals surface area contributed by atoms with Crippen molar-refractivity contribution >= 4 is 17.6 Å². The van der Waals surface area contributed by atoms with Gasteiger partial charge in [0.05, 0.1) is 5.75 Å². The van der Waals surface area contributed by atoms with E-state index in [0.717, 1.165) is 17.7 Å². The fraction of sp³-hybridized carbons (Fsp3) is 0.286. The zero-order valence-electron chi connectivity index (χ0n) is 11.5. The van der Waals surface area contributed by atoms with Crippen LogP contribution >= 0.6 is 11.8 Å². The lowest BCUT2D eigenvalue weighted by Crippen LogP contribution is -2.14. The second-order valence-corrected chi connectivity index (χ2v) is 5.29. The largest absolute Gasteiger partial charge is 0.308 e. The van der Waals surface area contributed by atoms with Crippen molar-refractivity contribution in [3.63, 3.8) is 0 Å². The summed E-state index contributed by atoms with van der Waals surface area (Å²) in [5, 5.41) is 0. The molecule has 6 heteroatoms. The molecule has 0 bridgehead atoms. The summed E-state index contributed by atoms with van der Waals surface area (Å²) in [5.74, 6) is 7.02. The van der Waals surface area contributed by atoms with Crippen LogP contribution in [0.3, 0.4) is 0 Å². The number of hydrogen-bond acceptors (Lipinski definition) is 5. The molecule has 0 radical (unpaired) electrons. The van der Waals surface area contributed by atoms with Crippen LogP contribution in [-0.4, -0.2) is 9.97 Å². The number of aryl methyl sites for hydroxylation is 1. The molecule has 0 saturated heterocycles. The fourth-order valence-electron chi connectivity index (χ4n) is 1.87. The molecule has 0 spiro atoms. The molecule has 106 valence electrons. The highest BCUT2D eigenvalue weighted by atomic mass is 32.2. The number of thioether (sulfide) groups is 1. The first kappa shape index (κ1) is 14.7. The summed E-state index contributed by atoms with van der Waals surface area (Å²) < 4.78 is 13.6. The number of hydrazine groups is 1. The minimum Gasteiger partial charge on any atom is -0.308 e. The van der Waals surface area contributed by atoms with Crippen LogP contribution in [0.5, 0.6) is 0 Å². The number of nitrogens with zero attached hydrogens (tertiary/aromatic N) is 2. The maximum absolute atomic E-state index is 13.6. The Bertz CT molecular complexity index is 578. The number of nitrogen functional groups attached to an aromatic ring is 1. The molecule has 0 amide bonds. The van der Waals surface area contributed by atoms with Gasteiger partial charge in [0.25, 0.3) is 0 Å². The molecule has 4 nitrogen and oxygen atoms in total. The van der Waals surface area contributed by atoms with Crippen LogP contribution in [0.1, 0.15) is 24.0 Å². The van der Waals surface area contributed by atoms with Gasteiger partial charge in [-0.05, 0) is 25.5 Å². The van der Waals surface area contributed by atoms with E-state index in [4.69, 9.17) is 5.84 Å². The van der Waals surface area contributed by atoms with E-state index < -0.39 is 0 Å². The van der Waals surface area contributed by atoms with Gasteiger partial charge in [-0.1, -0.05) is 19.1 Å². The Morgan fingerprint density at radius 2 is 2.05 bits per heavy atom. The van der Waals surface area contributed by atoms with Gasteiger partial charge in [0.15, 0.2) is 0 Å². The normalized spacial score (nSPS) is 10.6. The second kappa shape index (κ2) is 6.67. The van der Waals surface area contributed by atoms with Crippen LogP contribution in [0.15, 0.2) is 29.2 Å². The number of anilines is 1. The first-order valence-electron chi connectivity index (χ1n) is 6.36. The number of aromatic nitrogens is 2.